The Morgan fingerprint density at radius 3 is 2.64 bits per heavy atom. The number of amides is 3. The summed E-state index contributed by atoms with van der Waals surface area (Å²) in [6, 6.07) is 7.02. The maximum atomic E-state index is 14.0. The summed E-state index contributed by atoms with van der Waals surface area (Å²) in [6.07, 6.45) is 4.00. The van der Waals surface area contributed by atoms with Gasteiger partial charge in [0.25, 0.3) is 0 Å². The number of fused-ring (bicyclic) bond motifs is 2. The number of carbonyl (C=O) groups is 3. The largest absolute Gasteiger partial charge is 0.448 e. The third-order valence-corrected chi connectivity index (χ3v) is 8.40. The van der Waals surface area contributed by atoms with Crippen molar-refractivity contribution < 1.29 is 23.9 Å². The van der Waals surface area contributed by atoms with Crippen molar-refractivity contribution in [3.63, 3.8) is 0 Å². The molecule has 240 valence electrons. The van der Waals surface area contributed by atoms with Crippen LogP contribution >= 0.6 is 0 Å². The summed E-state index contributed by atoms with van der Waals surface area (Å²) in [7, 11) is 4.00. The first-order valence-corrected chi connectivity index (χ1v) is 15.2. The predicted molar refractivity (Wildman–Crippen MR) is 171 cm³/mol. The summed E-state index contributed by atoms with van der Waals surface area (Å²) < 4.78 is 12.2. The van der Waals surface area contributed by atoms with Gasteiger partial charge < -0.3 is 35.2 Å². The van der Waals surface area contributed by atoms with Crippen molar-refractivity contribution in [1.82, 2.24) is 29.9 Å². The van der Waals surface area contributed by atoms with Crippen LogP contribution in [0, 0.1) is 5.92 Å². The number of benzene rings is 1. The van der Waals surface area contributed by atoms with Crippen molar-refractivity contribution >= 4 is 46.1 Å². The van der Waals surface area contributed by atoms with Gasteiger partial charge >= 0.3 is 12.1 Å². The lowest BCUT2D eigenvalue weighted by Gasteiger charge is -2.37. The number of nitrogens with zero attached hydrogens (tertiary/aromatic N) is 5. The van der Waals surface area contributed by atoms with Crippen LogP contribution in [0.15, 0.2) is 43.1 Å². The van der Waals surface area contributed by atoms with Crippen LogP contribution in [0.4, 0.5) is 26.9 Å². The zero-order valence-corrected chi connectivity index (χ0v) is 26.6. The molecule has 0 radical (unpaired) electrons. The number of urea groups is 1. The van der Waals surface area contributed by atoms with Crippen LogP contribution in [0.1, 0.15) is 44.9 Å². The molecule has 0 saturated carbocycles. The van der Waals surface area contributed by atoms with E-state index in [4.69, 9.17) is 9.47 Å². The van der Waals surface area contributed by atoms with Gasteiger partial charge in [-0.05, 0) is 89.4 Å². The number of pyridine rings is 1. The molecule has 1 fully saturated rings. The first-order valence-electron chi connectivity index (χ1n) is 15.2. The Kier molecular flexibility index (Phi) is 9.40. The van der Waals surface area contributed by atoms with Gasteiger partial charge in [0.05, 0.1) is 24.4 Å². The number of anilines is 3. The average Bonchev–Trinajstić information content (AvgIpc) is 3.51. The predicted octanol–water partition coefficient (Wildman–Crippen LogP) is 4.42. The van der Waals surface area contributed by atoms with Gasteiger partial charge in [0, 0.05) is 48.6 Å². The van der Waals surface area contributed by atoms with E-state index < -0.39 is 11.6 Å². The topological polar surface area (TPSA) is 143 Å². The molecule has 1 saturated heterocycles. The molecule has 13 heteroatoms. The van der Waals surface area contributed by atoms with Crippen molar-refractivity contribution in [2.75, 3.05) is 51.1 Å². The minimum Gasteiger partial charge on any atom is -0.448 e. The second-order valence-electron chi connectivity index (χ2n) is 12.1. The Morgan fingerprint density at radius 2 is 1.96 bits per heavy atom. The van der Waals surface area contributed by atoms with Crippen LogP contribution in [0.25, 0.3) is 10.8 Å². The lowest BCUT2D eigenvalue weighted by molar-refractivity contribution is -0.111. The summed E-state index contributed by atoms with van der Waals surface area (Å²) in [4.78, 5) is 47.3. The van der Waals surface area contributed by atoms with Crippen LogP contribution in [-0.2, 0) is 26.4 Å². The summed E-state index contributed by atoms with van der Waals surface area (Å²) in [5.74, 6) is 0.906. The number of aromatic nitrogens is 3. The molecule has 0 spiro atoms. The number of likely N-dealkylation sites (N-methyl/N-ethyl adjacent to an activating group) is 1. The van der Waals surface area contributed by atoms with E-state index in [1.807, 2.05) is 46.1 Å². The van der Waals surface area contributed by atoms with Gasteiger partial charge in [-0.2, -0.15) is 4.68 Å². The third kappa shape index (κ3) is 6.64. The molecule has 1 aromatic carbocycles. The molecular weight excluding hydrogens is 576 g/mol. The lowest BCUT2D eigenvalue weighted by Crippen LogP contribution is -2.54. The third-order valence-electron chi connectivity index (χ3n) is 8.40. The van der Waals surface area contributed by atoms with E-state index in [9.17, 15) is 14.4 Å². The average molecular weight is 619 g/mol. The Morgan fingerprint density at radius 1 is 1.20 bits per heavy atom. The first kappa shape index (κ1) is 31.9. The lowest BCUT2D eigenvalue weighted by atomic mass is 9.91. The number of ether oxygens (including phenoxy) is 2. The quantitative estimate of drug-likeness (QED) is 0.297. The van der Waals surface area contributed by atoms with Gasteiger partial charge in [-0.1, -0.05) is 6.58 Å². The molecule has 4 heterocycles. The van der Waals surface area contributed by atoms with Crippen LogP contribution in [0.3, 0.4) is 0 Å². The molecule has 0 unspecified atom stereocenters. The SMILES string of the molecule is C=CC(=O)Nc1ccc2c(Nc3nn(C(=O)OCC)c4c3CN(C(=O)N[C@H](CN(C)C)C3CCOCC3)C4(C)C)nccc2c1. The fraction of sp³-hybridized carbons (Fsp3) is 0.469. The number of hydrogen-bond acceptors (Lipinski definition) is 9. The molecule has 2 aliphatic heterocycles. The van der Waals surface area contributed by atoms with Gasteiger partial charge in [-0.25, -0.2) is 14.6 Å². The monoisotopic (exact) mass is 618 g/mol. The maximum Gasteiger partial charge on any atom is 0.435 e. The summed E-state index contributed by atoms with van der Waals surface area (Å²) in [5, 5.41) is 15.6. The zero-order chi connectivity index (χ0) is 32.3. The number of carbonyl (C=O) groups excluding carboxylic acids is 3. The smallest absolute Gasteiger partial charge is 0.435 e. The molecular formula is C32H42N8O5. The van der Waals surface area contributed by atoms with E-state index in [-0.39, 0.29) is 31.1 Å². The van der Waals surface area contributed by atoms with Gasteiger partial charge in [0.2, 0.25) is 5.91 Å². The Balaban J connectivity index is 1.47. The molecule has 3 amide bonds. The van der Waals surface area contributed by atoms with E-state index in [0.29, 0.717) is 54.3 Å². The van der Waals surface area contributed by atoms with Crippen LogP contribution in [0.2, 0.25) is 0 Å². The number of hydrogen-bond donors (Lipinski definition) is 3. The van der Waals surface area contributed by atoms with E-state index in [0.717, 1.165) is 23.6 Å². The summed E-state index contributed by atoms with van der Waals surface area (Å²) >= 11 is 0. The van der Waals surface area contributed by atoms with Gasteiger partial charge in [0.15, 0.2) is 5.82 Å². The number of nitrogens with one attached hydrogen (secondary N) is 3. The molecule has 5 rings (SSSR count). The summed E-state index contributed by atoms with van der Waals surface area (Å²) in [5.41, 5.74) is 1.01. The molecule has 3 aromatic rings. The second-order valence-corrected chi connectivity index (χ2v) is 12.1. The van der Waals surface area contributed by atoms with E-state index >= 15 is 0 Å². The number of rotatable bonds is 9. The molecule has 0 bridgehead atoms. The molecule has 2 aromatic heterocycles. The molecule has 45 heavy (non-hydrogen) atoms. The fourth-order valence-electron chi connectivity index (χ4n) is 6.18. The zero-order valence-electron chi connectivity index (χ0n) is 26.6. The Hall–Kier alpha value is -4.49. The molecule has 13 nitrogen and oxygen atoms in total. The minimum atomic E-state index is -0.887. The van der Waals surface area contributed by atoms with Crippen molar-refractivity contribution in [3.05, 3.63) is 54.4 Å². The van der Waals surface area contributed by atoms with Crippen LogP contribution < -0.4 is 16.0 Å². The normalized spacial score (nSPS) is 16.7. The molecule has 3 N–H and O–H groups in total. The highest BCUT2D eigenvalue weighted by atomic mass is 16.6. The van der Waals surface area contributed by atoms with Gasteiger partial charge in [-0.3, -0.25) is 4.79 Å². The summed E-state index contributed by atoms with van der Waals surface area (Å²) in [6.45, 7) is 11.5. The standard InChI is InChI=1S/C32H42N8O5/c1-7-26(41)34-22-9-10-23-21(17-22)11-14-33-28(23)36-29-24-18-39(32(3,4)27(24)40(37-29)31(43)45-8-2)30(42)35-25(19-38(5)6)20-12-15-44-16-13-20/h7,9-11,14,17,20,25H,1,8,12-13,15-16,18-19H2,2-6H3,(H,34,41)(H,35,42)(H,33,36,37)/t25-/m1/s1. The van der Waals surface area contributed by atoms with Gasteiger partial charge in [-0.15, -0.1) is 5.10 Å². The van der Waals surface area contributed by atoms with Crippen LogP contribution in [0.5, 0.6) is 0 Å². The van der Waals surface area contributed by atoms with Gasteiger partial charge in [0.1, 0.15) is 5.82 Å². The fourth-order valence-corrected chi connectivity index (χ4v) is 6.18. The molecule has 1 atom stereocenters. The van der Waals surface area contributed by atoms with E-state index in [1.165, 1.54) is 10.8 Å². The van der Waals surface area contributed by atoms with Crippen molar-refractivity contribution in [2.24, 2.45) is 5.92 Å². The van der Waals surface area contributed by atoms with Crippen LogP contribution in [-0.4, -0.2) is 89.1 Å². The molecule has 2 aliphatic rings. The second kappa shape index (κ2) is 13.2. The van der Waals surface area contributed by atoms with Crippen molar-refractivity contribution in [3.8, 4) is 0 Å². The van der Waals surface area contributed by atoms with E-state index in [2.05, 4.69) is 37.5 Å². The van der Waals surface area contributed by atoms with Crippen molar-refractivity contribution in [1.29, 1.82) is 0 Å². The highest BCUT2D eigenvalue weighted by molar-refractivity contribution is 6.02. The van der Waals surface area contributed by atoms with E-state index in [1.54, 1.807) is 24.1 Å². The molecule has 0 aliphatic carbocycles. The highest BCUT2D eigenvalue weighted by Gasteiger charge is 2.47. The van der Waals surface area contributed by atoms with Crippen molar-refractivity contribution in [2.45, 2.75) is 51.7 Å². The Bertz CT molecular complexity index is 1590. The highest BCUT2D eigenvalue weighted by Crippen LogP contribution is 2.43. The maximum absolute atomic E-state index is 14.0. The first-order chi connectivity index (χ1) is 21.5. The minimum absolute atomic E-state index is 0.0592. The Labute approximate surface area is 262 Å².